The van der Waals surface area contributed by atoms with Crippen LogP contribution in [0.25, 0.3) is 0 Å². The molecule has 3 N–H and O–H groups in total. The first-order valence-corrected chi connectivity index (χ1v) is 7.82. The van der Waals surface area contributed by atoms with Gasteiger partial charge in [0.15, 0.2) is 0 Å². The van der Waals surface area contributed by atoms with Crippen LogP contribution in [0.15, 0.2) is 24.3 Å². The third-order valence-electron chi connectivity index (χ3n) is 4.21. The van der Waals surface area contributed by atoms with Crippen molar-refractivity contribution >= 4 is 17.8 Å². The fourth-order valence-corrected chi connectivity index (χ4v) is 2.88. The Bertz CT molecular complexity index is 598. The number of hydrogen-bond donors (Lipinski definition) is 3. The molecule has 0 radical (unpaired) electrons. The van der Waals surface area contributed by atoms with Crippen LogP contribution in [-0.2, 0) is 27.2 Å². The minimum Gasteiger partial charge on any atom is -0.481 e. The number of aryl methyl sites for hydroxylation is 1. The van der Waals surface area contributed by atoms with E-state index in [0.717, 1.165) is 30.4 Å². The van der Waals surface area contributed by atoms with Crippen LogP contribution in [0.3, 0.4) is 0 Å². The molecule has 0 aliphatic carbocycles. The Morgan fingerprint density at radius 1 is 1.00 bits per heavy atom. The average Bonchev–Trinajstić information content (AvgIpc) is 2.50. The summed E-state index contributed by atoms with van der Waals surface area (Å²) in [5, 5.41) is 20.9. The van der Waals surface area contributed by atoms with Crippen molar-refractivity contribution in [1.82, 2.24) is 5.32 Å². The Balaban J connectivity index is 2.29. The molecule has 2 atom stereocenters. The minimum absolute atomic E-state index is 0.0731. The summed E-state index contributed by atoms with van der Waals surface area (Å²) in [6.45, 7) is 0. The Hall–Kier alpha value is -2.37. The maximum absolute atomic E-state index is 12.2. The van der Waals surface area contributed by atoms with Crippen LogP contribution in [0.4, 0.5) is 0 Å². The van der Waals surface area contributed by atoms with Crippen molar-refractivity contribution in [2.45, 2.75) is 44.6 Å². The van der Waals surface area contributed by atoms with Crippen molar-refractivity contribution in [3.8, 4) is 0 Å². The molecule has 2 rings (SSSR count). The van der Waals surface area contributed by atoms with Crippen molar-refractivity contribution in [3.05, 3.63) is 35.4 Å². The molecule has 1 aliphatic heterocycles. The van der Waals surface area contributed by atoms with E-state index >= 15 is 0 Å². The van der Waals surface area contributed by atoms with Gasteiger partial charge in [0, 0.05) is 0 Å². The summed E-state index contributed by atoms with van der Waals surface area (Å²) < 4.78 is 0. The number of rotatable bonds is 2. The molecule has 124 valence electrons. The van der Waals surface area contributed by atoms with Crippen molar-refractivity contribution in [2.24, 2.45) is 5.92 Å². The second-order valence-electron chi connectivity index (χ2n) is 5.86. The minimum atomic E-state index is -1.28. The summed E-state index contributed by atoms with van der Waals surface area (Å²) in [7, 11) is 0. The monoisotopic (exact) mass is 319 g/mol. The molecule has 0 aromatic heterocycles. The van der Waals surface area contributed by atoms with Crippen molar-refractivity contribution in [1.29, 1.82) is 0 Å². The predicted octanol–water partition coefficient (Wildman–Crippen LogP) is 1.62. The van der Waals surface area contributed by atoms with E-state index in [-0.39, 0.29) is 6.42 Å². The van der Waals surface area contributed by atoms with E-state index in [0.29, 0.717) is 12.8 Å². The summed E-state index contributed by atoms with van der Waals surface area (Å²) >= 11 is 0. The van der Waals surface area contributed by atoms with Gasteiger partial charge in [0.2, 0.25) is 5.91 Å². The van der Waals surface area contributed by atoms with Gasteiger partial charge in [-0.05, 0) is 36.8 Å². The molecule has 0 saturated heterocycles. The molecule has 1 heterocycles. The van der Waals surface area contributed by atoms with Gasteiger partial charge in [0.05, 0.1) is 0 Å². The Labute approximate surface area is 134 Å². The fraction of sp³-hybridized carbons (Fsp3) is 0.471. The Morgan fingerprint density at radius 3 is 2.35 bits per heavy atom. The number of aliphatic carboxylic acids is 2. The van der Waals surface area contributed by atoms with Gasteiger partial charge < -0.3 is 15.5 Å². The zero-order valence-corrected chi connectivity index (χ0v) is 12.8. The van der Waals surface area contributed by atoms with Crippen LogP contribution >= 0.6 is 0 Å². The highest BCUT2D eigenvalue weighted by Gasteiger charge is 2.31. The van der Waals surface area contributed by atoms with E-state index in [1.165, 1.54) is 0 Å². The number of amides is 1. The second-order valence-corrected chi connectivity index (χ2v) is 5.86. The SMILES string of the molecule is O=C(O)C1Cc2ccccc2CCCCC[C@@H](C(=O)O)NC1=O. The first-order valence-electron chi connectivity index (χ1n) is 7.82. The highest BCUT2D eigenvalue weighted by molar-refractivity contribution is 5.98. The van der Waals surface area contributed by atoms with Crippen LogP contribution in [-0.4, -0.2) is 34.1 Å². The smallest absolute Gasteiger partial charge is 0.326 e. The number of benzene rings is 1. The molecule has 1 unspecified atom stereocenters. The largest absolute Gasteiger partial charge is 0.481 e. The number of carbonyl (C=O) groups excluding carboxylic acids is 1. The molecule has 0 fully saturated rings. The maximum Gasteiger partial charge on any atom is 0.326 e. The normalized spacial score (nSPS) is 22.9. The quantitative estimate of drug-likeness (QED) is 0.719. The molecule has 6 heteroatoms. The highest BCUT2D eigenvalue weighted by Crippen LogP contribution is 2.19. The third-order valence-corrected chi connectivity index (χ3v) is 4.21. The van der Waals surface area contributed by atoms with E-state index in [2.05, 4.69) is 5.32 Å². The van der Waals surface area contributed by atoms with Crippen molar-refractivity contribution < 1.29 is 24.6 Å². The molecule has 1 aromatic rings. The molecule has 1 amide bonds. The van der Waals surface area contributed by atoms with Crippen LogP contribution < -0.4 is 5.32 Å². The van der Waals surface area contributed by atoms with Gasteiger partial charge in [-0.3, -0.25) is 9.59 Å². The van der Waals surface area contributed by atoms with E-state index in [4.69, 9.17) is 0 Å². The Morgan fingerprint density at radius 2 is 1.70 bits per heavy atom. The van der Waals surface area contributed by atoms with Crippen molar-refractivity contribution in [2.75, 3.05) is 0 Å². The molecule has 0 spiro atoms. The highest BCUT2D eigenvalue weighted by atomic mass is 16.4. The van der Waals surface area contributed by atoms with Crippen LogP contribution in [0.2, 0.25) is 0 Å². The number of carboxylic acid groups (broad SMARTS) is 2. The van der Waals surface area contributed by atoms with Gasteiger partial charge in [-0.1, -0.05) is 37.1 Å². The third kappa shape index (κ3) is 4.55. The van der Waals surface area contributed by atoms with Gasteiger partial charge in [-0.25, -0.2) is 4.79 Å². The molecule has 23 heavy (non-hydrogen) atoms. The molecule has 0 saturated carbocycles. The van der Waals surface area contributed by atoms with Gasteiger partial charge in [-0.15, -0.1) is 0 Å². The molecular formula is C17H21NO5. The summed E-state index contributed by atoms with van der Waals surface area (Å²) in [4.78, 5) is 34.9. The molecule has 1 aliphatic rings. The van der Waals surface area contributed by atoms with E-state index in [1.54, 1.807) is 0 Å². The molecule has 1 aromatic carbocycles. The van der Waals surface area contributed by atoms with E-state index in [9.17, 15) is 24.6 Å². The Kier molecular flexibility index (Phi) is 5.73. The topological polar surface area (TPSA) is 104 Å². The van der Waals surface area contributed by atoms with Gasteiger partial charge in [0.25, 0.3) is 0 Å². The summed E-state index contributed by atoms with van der Waals surface area (Å²) in [5.74, 6) is -4.38. The molecule has 6 nitrogen and oxygen atoms in total. The number of nitrogens with one attached hydrogen (secondary N) is 1. The number of carbonyl (C=O) groups is 3. The predicted molar refractivity (Wildman–Crippen MR) is 83.0 cm³/mol. The van der Waals surface area contributed by atoms with Crippen LogP contribution in [0.5, 0.6) is 0 Å². The summed E-state index contributed by atoms with van der Waals surface area (Å²) in [5.41, 5.74) is 1.89. The zero-order chi connectivity index (χ0) is 16.8. The van der Waals surface area contributed by atoms with Gasteiger partial charge in [-0.2, -0.15) is 0 Å². The van der Waals surface area contributed by atoms with Crippen LogP contribution in [0, 0.1) is 5.92 Å². The molecule has 0 bridgehead atoms. The number of carboxylic acids is 2. The second kappa shape index (κ2) is 7.76. The van der Waals surface area contributed by atoms with E-state index < -0.39 is 29.8 Å². The lowest BCUT2D eigenvalue weighted by Gasteiger charge is -2.20. The van der Waals surface area contributed by atoms with Crippen LogP contribution in [0.1, 0.15) is 36.8 Å². The molecular weight excluding hydrogens is 298 g/mol. The lowest BCUT2D eigenvalue weighted by Crippen LogP contribution is -2.46. The lowest BCUT2D eigenvalue weighted by molar-refractivity contribution is -0.150. The standard InChI is InChI=1S/C17H21NO5/c19-15-13(16(20)21)10-12-8-5-4-7-11(12)6-2-1-3-9-14(18-15)17(22)23/h4-5,7-8,13-14H,1-3,6,9-10H2,(H,18,19)(H,20,21)(H,22,23)/t13?,14-/m0/s1. The van der Waals surface area contributed by atoms with Crippen molar-refractivity contribution in [3.63, 3.8) is 0 Å². The summed E-state index contributed by atoms with van der Waals surface area (Å²) in [6.07, 6.45) is 3.66. The first kappa shape index (κ1) is 17.0. The number of hydrogen-bond acceptors (Lipinski definition) is 3. The lowest BCUT2D eigenvalue weighted by atomic mass is 9.91. The van der Waals surface area contributed by atoms with Gasteiger partial charge >= 0.3 is 11.9 Å². The average molecular weight is 319 g/mol. The zero-order valence-electron chi connectivity index (χ0n) is 12.8. The summed E-state index contributed by atoms with van der Waals surface area (Å²) in [6, 6.07) is 6.48. The first-order chi connectivity index (χ1) is 11.0. The van der Waals surface area contributed by atoms with E-state index in [1.807, 2.05) is 24.3 Å². The van der Waals surface area contributed by atoms with Gasteiger partial charge in [0.1, 0.15) is 12.0 Å². The fourth-order valence-electron chi connectivity index (χ4n) is 2.88. The maximum atomic E-state index is 12.2. The number of fused-ring (bicyclic) bond motifs is 1.